The van der Waals surface area contributed by atoms with Gasteiger partial charge in [-0.1, -0.05) is 0 Å². The Balaban J connectivity index is 2.12. The molecule has 0 aromatic heterocycles. The van der Waals surface area contributed by atoms with Crippen LogP contribution in [0.2, 0.25) is 0 Å². The molecule has 0 radical (unpaired) electrons. The summed E-state index contributed by atoms with van der Waals surface area (Å²) in [6.45, 7) is 1.00. The van der Waals surface area contributed by atoms with Crippen LogP contribution in [0.3, 0.4) is 0 Å². The fraction of sp³-hybridized carbons (Fsp3) is 0.538. The number of rotatable bonds is 1. The molecule has 1 aliphatic carbocycles. The number of nitrogen functional groups attached to an aromatic ring is 1. The maximum Gasteiger partial charge on any atom is 0.130 e. The minimum atomic E-state index is -0.113. The molecule has 1 fully saturated rings. The Kier molecular flexibility index (Phi) is 2.36. The van der Waals surface area contributed by atoms with Crippen molar-refractivity contribution in [1.29, 1.82) is 0 Å². The molecular formula is C13H17FN2. The highest BCUT2D eigenvalue weighted by atomic mass is 19.1. The van der Waals surface area contributed by atoms with Crippen LogP contribution in [-0.4, -0.2) is 6.54 Å². The molecule has 0 bridgehead atoms. The monoisotopic (exact) mass is 220 g/mol. The van der Waals surface area contributed by atoms with Gasteiger partial charge in [0.05, 0.1) is 0 Å². The first-order valence-corrected chi connectivity index (χ1v) is 6.10. The van der Waals surface area contributed by atoms with Crippen LogP contribution in [0.5, 0.6) is 0 Å². The molecule has 1 heterocycles. The van der Waals surface area contributed by atoms with Crippen LogP contribution in [0.1, 0.15) is 42.0 Å². The van der Waals surface area contributed by atoms with Gasteiger partial charge in [0.1, 0.15) is 5.82 Å². The smallest absolute Gasteiger partial charge is 0.130 e. The van der Waals surface area contributed by atoms with Crippen molar-refractivity contribution in [3.05, 3.63) is 28.6 Å². The molecule has 1 aromatic carbocycles. The highest BCUT2D eigenvalue weighted by molar-refractivity contribution is 5.57. The first-order valence-electron chi connectivity index (χ1n) is 6.10. The van der Waals surface area contributed by atoms with Crippen LogP contribution in [0.25, 0.3) is 0 Å². The first-order chi connectivity index (χ1) is 7.77. The van der Waals surface area contributed by atoms with Crippen LogP contribution in [-0.2, 0) is 12.8 Å². The molecule has 3 rings (SSSR count). The molecule has 0 amide bonds. The summed E-state index contributed by atoms with van der Waals surface area (Å²) in [6, 6.07) is 1.73. The minimum Gasteiger partial charge on any atom is -0.398 e. The largest absolute Gasteiger partial charge is 0.398 e. The Morgan fingerprint density at radius 2 is 2.06 bits per heavy atom. The van der Waals surface area contributed by atoms with Crippen LogP contribution in [0, 0.1) is 5.82 Å². The van der Waals surface area contributed by atoms with Crippen molar-refractivity contribution in [1.82, 2.24) is 5.32 Å². The number of nitrogens with one attached hydrogen (secondary N) is 1. The molecule has 1 aromatic rings. The molecule has 1 aliphatic heterocycles. The van der Waals surface area contributed by atoms with Crippen molar-refractivity contribution in [3.8, 4) is 0 Å². The standard InChI is InChI=1S/C13H17FN2/c14-10-7-11(15)8-3-1-4-9(8)13(10)12-5-2-6-16-12/h7,12,16H,1-6,15H2/t12-/m1/s1. The van der Waals surface area contributed by atoms with E-state index >= 15 is 0 Å². The van der Waals surface area contributed by atoms with Gasteiger partial charge in [-0.15, -0.1) is 0 Å². The van der Waals surface area contributed by atoms with Gasteiger partial charge in [0, 0.05) is 17.3 Å². The highest BCUT2D eigenvalue weighted by Gasteiger charge is 2.27. The van der Waals surface area contributed by atoms with Gasteiger partial charge in [-0.3, -0.25) is 0 Å². The second-order valence-electron chi connectivity index (χ2n) is 4.82. The van der Waals surface area contributed by atoms with Crippen molar-refractivity contribution >= 4 is 5.69 Å². The topological polar surface area (TPSA) is 38.0 Å². The van der Waals surface area contributed by atoms with Gasteiger partial charge in [-0.25, -0.2) is 4.39 Å². The quantitative estimate of drug-likeness (QED) is 0.713. The SMILES string of the molecule is Nc1cc(F)c([C@H]2CCCN2)c2c1CCC2. The third-order valence-corrected chi connectivity index (χ3v) is 3.84. The van der Waals surface area contributed by atoms with Crippen molar-refractivity contribution < 1.29 is 4.39 Å². The fourth-order valence-corrected chi connectivity index (χ4v) is 3.11. The lowest BCUT2D eigenvalue weighted by atomic mass is 9.94. The summed E-state index contributed by atoms with van der Waals surface area (Å²) >= 11 is 0. The second-order valence-corrected chi connectivity index (χ2v) is 4.82. The molecule has 2 nitrogen and oxygen atoms in total. The van der Waals surface area contributed by atoms with E-state index in [9.17, 15) is 4.39 Å². The van der Waals surface area contributed by atoms with E-state index in [-0.39, 0.29) is 11.9 Å². The van der Waals surface area contributed by atoms with E-state index in [1.165, 1.54) is 17.2 Å². The predicted octanol–water partition coefficient (Wildman–Crippen LogP) is 2.32. The molecule has 16 heavy (non-hydrogen) atoms. The maximum atomic E-state index is 14.0. The van der Waals surface area contributed by atoms with E-state index in [1.807, 2.05) is 0 Å². The molecule has 3 heteroatoms. The zero-order valence-electron chi connectivity index (χ0n) is 9.35. The molecule has 0 saturated carbocycles. The molecular weight excluding hydrogens is 203 g/mol. The van der Waals surface area contributed by atoms with E-state index in [2.05, 4.69) is 5.32 Å². The van der Waals surface area contributed by atoms with Gasteiger partial charge in [-0.05, 0) is 55.8 Å². The van der Waals surface area contributed by atoms with Crippen LogP contribution in [0.15, 0.2) is 6.07 Å². The van der Waals surface area contributed by atoms with Crippen LogP contribution < -0.4 is 11.1 Å². The summed E-state index contributed by atoms with van der Waals surface area (Å²) in [6.07, 6.45) is 5.31. The third kappa shape index (κ3) is 1.42. The summed E-state index contributed by atoms with van der Waals surface area (Å²) < 4.78 is 14.0. The van der Waals surface area contributed by atoms with Gasteiger partial charge in [-0.2, -0.15) is 0 Å². The molecule has 86 valence electrons. The molecule has 2 aliphatic rings. The summed E-state index contributed by atoms with van der Waals surface area (Å²) in [5.74, 6) is -0.113. The minimum absolute atomic E-state index is 0.113. The van der Waals surface area contributed by atoms with Gasteiger partial charge in [0.15, 0.2) is 0 Å². The lowest BCUT2D eigenvalue weighted by molar-refractivity contribution is 0.554. The molecule has 0 spiro atoms. The number of benzene rings is 1. The Morgan fingerprint density at radius 3 is 2.81 bits per heavy atom. The van der Waals surface area contributed by atoms with Gasteiger partial charge in [0.2, 0.25) is 0 Å². The van der Waals surface area contributed by atoms with E-state index in [0.717, 1.165) is 44.2 Å². The van der Waals surface area contributed by atoms with E-state index in [0.29, 0.717) is 5.69 Å². The number of fused-ring (bicyclic) bond motifs is 1. The summed E-state index contributed by atoms with van der Waals surface area (Å²) in [4.78, 5) is 0. The summed E-state index contributed by atoms with van der Waals surface area (Å²) in [5, 5.41) is 3.38. The average molecular weight is 220 g/mol. The van der Waals surface area contributed by atoms with Crippen LogP contribution >= 0.6 is 0 Å². The number of anilines is 1. The zero-order chi connectivity index (χ0) is 11.1. The maximum absolute atomic E-state index is 14.0. The van der Waals surface area contributed by atoms with Crippen molar-refractivity contribution in [2.24, 2.45) is 0 Å². The Labute approximate surface area is 95.0 Å². The predicted molar refractivity (Wildman–Crippen MR) is 62.8 cm³/mol. The summed E-state index contributed by atoms with van der Waals surface area (Å²) in [5.41, 5.74) is 9.82. The first kappa shape index (κ1) is 10.1. The van der Waals surface area contributed by atoms with Crippen molar-refractivity contribution in [2.45, 2.75) is 38.1 Å². The average Bonchev–Trinajstić information content (AvgIpc) is 2.86. The van der Waals surface area contributed by atoms with Crippen molar-refractivity contribution in [2.75, 3.05) is 12.3 Å². The summed E-state index contributed by atoms with van der Waals surface area (Å²) in [7, 11) is 0. The third-order valence-electron chi connectivity index (χ3n) is 3.84. The van der Waals surface area contributed by atoms with Crippen molar-refractivity contribution in [3.63, 3.8) is 0 Å². The van der Waals surface area contributed by atoms with Gasteiger partial charge < -0.3 is 11.1 Å². The number of halogens is 1. The number of hydrogen-bond acceptors (Lipinski definition) is 2. The normalized spacial score (nSPS) is 23.7. The zero-order valence-corrected chi connectivity index (χ0v) is 9.35. The number of nitrogens with two attached hydrogens (primary N) is 1. The molecule has 0 unspecified atom stereocenters. The van der Waals surface area contributed by atoms with Crippen LogP contribution in [0.4, 0.5) is 10.1 Å². The Hall–Kier alpha value is -1.09. The van der Waals surface area contributed by atoms with Gasteiger partial charge in [0.25, 0.3) is 0 Å². The second kappa shape index (κ2) is 3.74. The Bertz CT molecular complexity index is 422. The Morgan fingerprint density at radius 1 is 1.25 bits per heavy atom. The molecule has 1 saturated heterocycles. The fourth-order valence-electron chi connectivity index (χ4n) is 3.11. The highest BCUT2D eigenvalue weighted by Crippen LogP contribution is 2.37. The lowest BCUT2D eigenvalue weighted by Crippen LogP contribution is -2.17. The van der Waals surface area contributed by atoms with E-state index < -0.39 is 0 Å². The molecule has 1 atom stereocenters. The number of hydrogen-bond donors (Lipinski definition) is 2. The molecule has 3 N–H and O–H groups in total. The van der Waals surface area contributed by atoms with E-state index in [4.69, 9.17) is 5.73 Å². The lowest BCUT2D eigenvalue weighted by Gasteiger charge is -2.18. The van der Waals surface area contributed by atoms with Gasteiger partial charge >= 0.3 is 0 Å². The van der Waals surface area contributed by atoms with E-state index in [1.54, 1.807) is 0 Å².